The highest BCUT2D eigenvalue weighted by Gasteiger charge is 2.42. The molecule has 0 unspecified atom stereocenters. The van der Waals surface area contributed by atoms with Crippen molar-refractivity contribution >= 4 is 15.9 Å². The predicted octanol–water partition coefficient (Wildman–Crippen LogP) is 2.55. The van der Waals surface area contributed by atoms with E-state index in [2.05, 4.69) is 0 Å². The number of para-hydroxylation sites is 1. The molecule has 1 amide bonds. The van der Waals surface area contributed by atoms with Crippen LogP contribution < -0.4 is 10.5 Å². The van der Waals surface area contributed by atoms with Gasteiger partial charge in [0.2, 0.25) is 15.9 Å². The number of carbonyl (C=O) groups is 1. The summed E-state index contributed by atoms with van der Waals surface area (Å²) >= 11 is 0. The van der Waals surface area contributed by atoms with E-state index in [1.54, 1.807) is 12.1 Å². The first-order valence-corrected chi connectivity index (χ1v) is 10.5. The molecule has 1 atom stereocenters. The van der Waals surface area contributed by atoms with Gasteiger partial charge in [0, 0.05) is 24.9 Å². The van der Waals surface area contributed by atoms with Gasteiger partial charge in [-0.25, -0.2) is 12.8 Å². The van der Waals surface area contributed by atoms with Crippen LogP contribution in [0.1, 0.15) is 19.3 Å². The fourth-order valence-corrected chi connectivity index (χ4v) is 5.25. The van der Waals surface area contributed by atoms with Gasteiger partial charge >= 0.3 is 0 Å². The molecule has 8 heteroatoms. The number of primary amides is 1. The maximum atomic E-state index is 14.1. The van der Waals surface area contributed by atoms with Crippen LogP contribution in [-0.4, -0.2) is 38.3 Å². The number of rotatable bonds is 7. The Morgan fingerprint density at radius 2 is 1.82 bits per heavy atom. The van der Waals surface area contributed by atoms with Gasteiger partial charge in [0.1, 0.15) is 16.5 Å². The first-order chi connectivity index (χ1) is 13.3. The molecule has 0 aromatic heterocycles. The van der Waals surface area contributed by atoms with Crippen molar-refractivity contribution in [1.29, 1.82) is 0 Å². The normalized spacial score (nSPS) is 20.6. The molecule has 1 saturated heterocycles. The molecule has 2 aromatic rings. The number of piperidine rings is 1. The maximum absolute atomic E-state index is 14.1. The molecule has 1 fully saturated rings. The van der Waals surface area contributed by atoms with Crippen molar-refractivity contribution in [2.24, 2.45) is 11.1 Å². The molecule has 0 saturated carbocycles. The third-order valence-electron chi connectivity index (χ3n) is 4.92. The average molecular weight is 406 g/mol. The zero-order valence-corrected chi connectivity index (χ0v) is 16.2. The molecule has 0 radical (unpaired) electrons. The van der Waals surface area contributed by atoms with Crippen LogP contribution in [0.15, 0.2) is 59.5 Å². The molecule has 2 aromatic carbocycles. The van der Waals surface area contributed by atoms with Crippen molar-refractivity contribution in [3.8, 4) is 5.75 Å². The van der Waals surface area contributed by atoms with Crippen molar-refractivity contribution in [2.45, 2.75) is 24.2 Å². The van der Waals surface area contributed by atoms with E-state index in [4.69, 9.17) is 10.5 Å². The molecule has 150 valence electrons. The first kappa shape index (κ1) is 20.3. The number of hydrogen-bond acceptors (Lipinski definition) is 4. The highest BCUT2D eigenvalue weighted by molar-refractivity contribution is 7.89. The summed E-state index contributed by atoms with van der Waals surface area (Å²) in [4.78, 5) is 11.3. The average Bonchev–Trinajstić information content (AvgIpc) is 2.67. The zero-order valence-electron chi connectivity index (χ0n) is 15.4. The molecule has 0 spiro atoms. The highest BCUT2D eigenvalue weighted by Crippen LogP contribution is 2.37. The fourth-order valence-electron chi connectivity index (χ4n) is 3.60. The second kappa shape index (κ2) is 8.28. The van der Waals surface area contributed by atoms with Gasteiger partial charge < -0.3 is 10.5 Å². The SMILES string of the molecule is NC(=O)C[C@@]1(COc2ccccc2)CCCN(S(=O)(=O)c2ccccc2F)C1. The molecular weight excluding hydrogens is 383 g/mol. The number of nitrogens with zero attached hydrogens (tertiary/aromatic N) is 1. The van der Waals surface area contributed by atoms with Gasteiger partial charge in [-0.15, -0.1) is 0 Å². The van der Waals surface area contributed by atoms with E-state index in [0.29, 0.717) is 18.6 Å². The molecule has 2 N–H and O–H groups in total. The molecule has 1 aliphatic heterocycles. The van der Waals surface area contributed by atoms with E-state index in [-0.39, 0.29) is 31.0 Å². The van der Waals surface area contributed by atoms with Crippen LogP contribution in [0.5, 0.6) is 5.75 Å². The van der Waals surface area contributed by atoms with E-state index >= 15 is 0 Å². The quantitative estimate of drug-likeness (QED) is 0.765. The molecule has 1 heterocycles. The van der Waals surface area contributed by atoms with E-state index in [0.717, 1.165) is 6.07 Å². The Morgan fingerprint density at radius 1 is 1.14 bits per heavy atom. The van der Waals surface area contributed by atoms with E-state index in [9.17, 15) is 17.6 Å². The summed E-state index contributed by atoms with van der Waals surface area (Å²) in [6.45, 7) is 0.436. The van der Waals surface area contributed by atoms with Crippen molar-refractivity contribution in [3.05, 3.63) is 60.4 Å². The summed E-state index contributed by atoms with van der Waals surface area (Å²) in [5.74, 6) is -0.698. The molecule has 3 rings (SSSR count). The van der Waals surface area contributed by atoms with Crippen molar-refractivity contribution in [1.82, 2.24) is 4.31 Å². The lowest BCUT2D eigenvalue weighted by Crippen LogP contribution is -2.50. The predicted molar refractivity (Wildman–Crippen MR) is 103 cm³/mol. The van der Waals surface area contributed by atoms with Crippen LogP contribution in [-0.2, 0) is 14.8 Å². The lowest BCUT2D eigenvalue weighted by Gasteiger charge is -2.41. The monoisotopic (exact) mass is 406 g/mol. The van der Waals surface area contributed by atoms with Gasteiger partial charge in [-0.3, -0.25) is 4.79 Å². The second-order valence-corrected chi connectivity index (χ2v) is 9.02. The van der Waals surface area contributed by atoms with Crippen molar-refractivity contribution in [2.75, 3.05) is 19.7 Å². The van der Waals surface area contributed by atoms with Crippen LogP contribution in [0, 0.1) is 11.2 Å². The lowest BCUT2D eigenvalue weighted by molar-refractivity contribution is -0.121. The topological polar surface area (TPSA) is 89.7 Å². The summed E-state index contributed by atoms with van der Waals surface area (Å²) in [5, 5.41) is 0. The third kappa shape index (κ3) is 4.51. The minimum absolute atomic E-state index is 0.0108. The Balaban J connectivity index is 1.85. The first-order valence-electron chi connectivity index (χ1n) is 9.03. The minimum Gasteiger partial charge on any atom is -0.493 e. The zero-order chi connectivity index (χ0) is 20.2. The van der Waals surface area contributed by atoms with E-state index < -0.39 is 27.2 Å². The number of amides is 1. The second-order valence-electron chi connectivity index (χ2n) is 7.12. The van der Waals surface area contributed by atoms with Crippen LogP contribution >= 0.6 is 0 Å². The fraction of sp³-hybridized carbons (Fsp3) is 0.350. The summed E-state index contributed by atoms with van der Waals surface area (Å²) in [5.41, 5.74) is 4.68. The Labute approximate surface area is 164 Å². The number of ether oxygens (including phenoxy) is 1. The number of hydrogen-bond donors (Lipinski definition) is 1. The number of benzene rings is 2. The summed E-state index contributed by atoms with van der Waals surface area (Å²) in [7, 11) is -4.03. The Kier molecular flexibility index (Phi) is 6.00. The summed E-state index contributed by atoms with van der Waals surface area (Å²) in [6, 6.07) is 14.4. The minimum atomic E-state index is -4.03. The molecule has 28 heavy (non-hydrogen) atoms. The number of nitrogens with two attached hydrogens (primary N) is 1. The maximum Gasteiger partial charge on any atom is 0.246 e. The van der Waals surface area contributed by atoms with Crippen LogP contribution in [0.4, 0.5) is 4.39 Å². The molecule has 1 aliphatic rings. The van der Waals surface area contributed by atoms with Gasteiger partial charge in [-0.05, 0) is 37.1 Å². The summed E-state index contributed by atoms with van der Waals surface area (Å²) in [6.07, 6.45) is 1.11. The Hall–Kier alpha value is -2.45. The van der Waals surface area contributed by atoms with Gasteiger partial charge in [0.15, 0.2) is 0 Å². The largest absolute Gasteiger partial charge is 0.493 e. The molecule has 0 bridgehead atoms. The number of sulfonamides is 1. The molecule has 0 aliphatic carbocycles. The lowest BCUT2D eigenvalue weighted by atomic mass is 9.78. The van der Waals surface area contributed by atoms with Gasteiger partial charge in [-0.1, -0.05) is 30.3 Å². The van der Waals surface area contributed by atoms with Crippen LogP contribution in [0.25, 0.3) is 0 Å². The van der Waals surface area contributed by atoms with Gasteiger partial charge in [-0.2, -0.15) is 4.31 Å². The van der Waals surface area contributed by atoms with Crippen LogP contribution in [0.3, 0.4) is 0 Å². The summed E-state index contributed by atoms with van der Waals surface area (Å²) < 4.78 is 47.1. The van der Waals surface area contributed by atoms with E-state index in [1.165, 1.54) is 22.5 Å². The smallest absolute Gasteiger partial charge is 0.246 e. The van der Waals surface area contributed by atoms with Gasteiger partial charge in [0.25, 0.3) is 0 Å². The van der Waals surface area contributed by atoms with E-state index in [1.807, 2.05) is 18.2 Å². The van der Waals surface area contributed by atoms with Crippen molar-refractivity contribution < 1.29 is 22.3 Å². The van der Waals surface area contributed by atoms with Crippen LogP contribution in [0.2, 0.25) is 0 Å². The Morgan fingerprint density at radius 3 is 2.50 bits per heavy atom. The third-order valence-corrected chi connectivity index (χ3v) is 6.80. The highest BCUT2D eigenvalue weighted by atomic mass is 32.2. The molecule has 6 nitrogen and oxygen atoms in total. The molecular formula is C20H23FN2O4S. The standard InChI is InChI=1S/C20H23FN2O4S/c21-17-9-4-5-10-18(17)28(25,26)23-12-6-11-20(14-23,13-19(22)24)15-27-16-7-2-1-3-8-16/h1-5,7-10H,6,11-15H2,(H2,22,24)/t20-/m0/s1. The number of carbonyl (C=O) groups excluding carboxylic acids is 1. The number of halogens is 1. The van der Waals surface area contributed by atoms with Crippen molar-refractivity contribution in [3.63, 3.8) is 0 Å². The van der Waals surface area contributed by atoms with Gasteiger partial charge in [0.05, 0.1) is 6.61 Å². The Bertz CT molecular complexity index is 936.